The van der Waals surface area contributed by atoms with Crippen LogP contribution in [0.5, 0.6) is 11.5 Å². The van der Waals surface area contributed by atoms with E-state index in [4.69, 9.17) is 27.5 Å². The molecule has 35 heavy (non-hydrogen) atoms. The van der Waals surface area contributed by atoms with Crippen molar-refractivity contribution in [1.29, 1.82) is 0 Å². The van der Waals surface area contributed by atoms with Crippen molar-refractivity contribution in [2.75, 3.05) is 18.0 Å². The molecule has 1 N–H and O–H groups in total. The summed E-state index contributed by atoms with van der Waals surface area (Å²) in [6.07, 6.45) is 6.09. The van der Waals surface area contributed by atoms with Crippen LogP contribution in [0.4, 0.5) is 11.4 Å². The molecule has 0 amide bonds. The van der Waals surface area contributed by atoms with Gasteiger partial charge in [-0.05, 0) is 68.0 Å². The Kier molecular flexibility index (Phi) is 9.73. The number of hydrogen-bond donors (Lipinski definition) is 1. The van der Waals surface area contributed by atoms with E-state index in [1.807, 2.05) is 22.6 Å². The van der Waals surface area contributed by atoms with E-state index in [1.54, 1.807) is 31.7 Å². The summed E-state index contributed by atoms with van der Waals surface area (Å²) in [6, 6.07) is 6.73. The Bertz CT molecular complexity index is 1170. The summed E-state index contributed by atoms with van der Waals surface area (Å²) in [5.41, 5.74) is -0.576. The minimum absolute atomic E-state index is 0.0659. The SMILES string of the molecule is C#CCN(CCCC(=O)OC(C)(C)C)c1cc(Oc2ccc(Cl)cc2[N+](=O)[O-])cc(C(=O)O)c1I. The van der Waals surface area contributed by atoms with E-state index in [-0.39, 0.29) is 46.7 Å². The van der Waals surface area contributed by atoms with Gasteiger partial charge in [0.15, 0.2) is 0 Å². The maximum absolute atomic E-state index is 12.1. The number of carbonyl (C=O) groups excluding carboxylic acids is 1. The van der Waals surface area contributed by atoms with Gasteiger partial charge in [0.1, 0.15) is 11.4 Å². The van der Waals surface area contributed by atoms with Crippen molar-refractivity contribution < 1.29 is 29.1 Å². The number of hydrogen-bond acceptors (Lipinski definition) is 7. The van der Waals surface area contributed by atoms with Gasteiger partial charge in [0, 0.05) is 30.1 Å². The molecule has 0 atom stereocenters. The first-order valence-corrected chi connectivity index (χ1v) is 11.9. The number of carbonyl (C=O) groups is 2. The summed E-state index contributed by atoms with van der Waals surface area (Å²) in [6.45, 7) is 5.81. The quantitative estimate of drug-likeness (QED) is 0.115. The fourth-order valence-corrected chi connectivity index (χ4v) is 4.13. The van der Waals surface area contributed by atoms with Crippen molar-refractivity contribution in [2.45, 2.75) is 39.2 Å². The predicted octanol–water partition coefficient (Wildman–Crippen LogP) is 5.90. The molecule has 0 radical (unpaired) electrons. The van der Waals surface area contributed by atoms with Crippen LogP contribution in [-0.4, -0.2) is 40.7 Å². The molecule has 2 aromatic carbocycles. The topological polar surface area (TPSA) is 119 Å². The number of terminal acetylenes is 1. The monoisotopic (exact) mass is 614 g/mol. The van der Waals surface area contributed by atoms with E-state index in [0.29, 0.717) is 22.2 Å². The van der Waals surface area contributed by atoms with Crippen molar-refractivity contribution >= 4 is 57.5 Å². The number of halogens is 2. The number of nitro groups is 1. The molecular formula is C24H24ClIN2O7. The lowest BCUT2D eigenvalue weighted by Gasteiger charge is -2.25. The van der Waals surface area contributed by atoms with Gasteiger partial charge < -0.3 is 19.5 Å². The maximum Gasteiger partial charge on any atom is 0.336 e. The van der Waals surface area contributed by atoms with Gasteiger partial charge in [0.25, 0.3) is 0 Å². The third-order valence-corrected chi connectivity index (χ3v) is 5.82. The zero-order valence-electron chi connectivity index (χ0n) is 19.3. The third-order valence-electron chi connectivity index (χ3n) is 4.45. The van der Waals surface area contributed by atoms with Gasteiger partial charge in [-0.3, -0.25) is 14.9 Å². The minimum atomic E-state index is -1.21. The Balaban J connectivity index is 2.39. The molecule has 9 nitrogen and oxygen atoms in total. The van der Waals surface area contributed by atoms with Crippen LogP contribution in [0.2, 0.25) is 5.02 Å². The first kappa shape index (κ1) is 28.2. The van der Waals surface area contributed by atoms with Crippen molar-refractivity contribution in [3.8, 4) is 23.8 Å². The standard InChI is InChI=1S/C24H24ClIN2O7/c1-5-10-27(11-6-7-21(29)35-24(2,3)4)19-14-16(13-17(22(19)26)23(30)31)34-20-9-8-15(25)12-18(20)28(32)33/h1,8-9,12-14H,6-7,10-11H2,2-4H3,(H,30,31). The summed E-state index contributed by atoms with van der Waals surface area (Å²) in [5.74, 6) is 0.936. The third kappa shape index (κ3) is 8.29. The van der Waals surface area contributed by atoms with E-state index >= 15 is 0 Å². The second kappa shape index (κ2) is 12.1. The molecule has 186 valence electrons. The van der Waals surface area contributed by atoms with E-state index in [2.05, 4.69) is 5.92 Å². The Hall–Kier alpha value is -3.04. The molecule has 11 heteroatoms. The lowest BCUT2D eigenvalue weighted by Crippen LogP contribution is -2.28. The summed E-state index contributed by atoms with van der Waals surface area (Å²) in [5, 5.41) is 21.3. The number of nitro benzene ring substituents is 1. The van der Waals surface area contributed by atoms with Crippen LogP contribution in [-0.2, 0) is 9.53 Å². The molecule has 0 aliphatic carbocycles. The average molecular weight is 615 g/mol. The van der Waals surface area contributed by atoms with E-state index < -0.39 is 16.5 Å². The molecule has 0 saturated carbocycles. The van der Waals surface area contributed by atoms with Crippen LogP contribution in [0.1, 0.15) is 44.0 Å². The second-order valence-corrected chi connectivity index (χ2v) is 9.91. The number of anilines is 1. The predicted molar refractivity (Wildman–Crippen MR) is 140 cm³/mol. The highest BCUT2D eigenvalue weighted by Crippen LogP contribution is 2.37. The van der Waals surface area contributed by atoms with Gasteiger partial charge in [-0.2, -0.15) is 0 Å². The van der Waals surface area contributed by atoms with Crippen LogP contribution in [0.15, 0.2) is 30.3 Å². The van der Waals surface area contributed by atoms with Gasteiger partial charge in [-0.15, -0.1) is 6.42 Å². The normalized spacial score (nSPS) is 10.9. The maximum atomic E-state index is 12.1. The molecule has 0 heterocycles. The number of esters is 1. The first-order valence-electron chi connectivity index (χ1n) is 10.4. The van der Waals surface area contributed by atoms with Crippen LogP contribution in [0.3, 0.4) is 0 Å². The van der Waals surface area contributed by atoms with Gasteiger partial charge in [0.2, 0.25) is 5.75 Å². The smallest absolute Gasteiger partial charge is 0.336 e. The molecular weight excluding hydrogens is 591 g/mol. The number of rotatable bonds is 10. The van der Waals surface area contributed by atoms with Crippen LogP contribution >= 0.6 is 34.2 Å². The Morgan fingerprint density at radius 3 is 2.54 bits per heavy atom. The average Bonchev–Trinajstić information content (AvgIpc) is 2.74. The summed E-state index contributed by atoms with van der Waals surface area (Å²) in [7, 11) is 0. The lowest BCUT2D eigenvalue weighted by molar-refractivity contribution is -0.385. The Morgan fingerprint density at radius 1 is 1.29 bits per heavy atom. The lowest BCUT2D eigenvalue weighted by atomic mass is 10.1. The largest absolute Gasteiger partial charge is 0.478 e. The fourth-order valence-electron chi connectivity index (χ4n) is 3.08. The summed E-state index contributed by atoms with van der Waals surface area (Å²) < 4.78 is 11.4. The number of carboxylic acid groups (broad SMARTS) is 1. The Morgan fingerprint density at radius 2 is 1.97 bits per heavy atom. The molecule has 0 unspecified atom stereocenters. The number of benzene rings is 2. The first-order chi connectivity index (χ1) is 16.3. The van der Waals surface area contributed by atoms with Gasteiger partial charge in [-0.1, -0.05) is 17.5 Å². The number of aromatic carboxylic acids is 1. The molecule has 2 rings (SSSR count). The highest BCUT2D eigenvalue weighted by atomic mass is 127. The van der Waals surface area contributed by atoms with Crippen LogP contribution in [0.25, 0.3) is 0 Å². The van der Waals surface area contributed by atoms with Crippen molar-refractivity contribution in [2.24, 2.45) is 0 Å². The number of carboxylic acids is 1. The molecule has 0 aromatic heterocycles. The molecule has 0 fully saturated rings. The minimum Gasteiger partial charge on any atom is -0.478 e. The summed E-state index contributed by atoms with van der Waals surface area (Å²) in [4.78, 5) is 36.5. The molecule has 0 saturated heterocycles. The Labute approximate surface area is 221 Å². The second-order valence-electron chi connectivity index (χ2n) is 8.40. The molecule has 2 aromatic rings. The number of ether oxygens (including phenoxy) is 2. The van der Waals surface area contributed by atoms with Crippen LogP contribution in [0, 0.1) is 26.0 Å². The van der Waals surface area contributed by atoms with Crippen molar-refractivity contribution in [3.63, 3.8) is 0 Å². The highest BCUT2D eigenvalue weighted by molar-refractivity contribution is 14.1. The molecule has 0 aliphatic heterocycles. The number of nitrogens with zero attached hydrogens (tertiary/aromatic N) is 2. The zero-order valence-corrected chi connectivity index (χ0v) is 22.3. The van der Waals surface area contributed by atoms with Gasteiger partial charge in [-0.25, -0.2) is 4.79 Å². The van der Waals surface area contributed by atoms with E-state index in [0.717, 1.165) is 6.07 Å². The zero-order chi connectivity index (χ0) is 26.3. The summed E-state index contributed by atoms with van der Waals surface area (Å²) >= 11 is 7.76. The van der Waals surface area contributed by atoms with Gasteiger partial charge in [0.05, 0.1) is 26.3 Å². The van der Waals surface area contributed by atoms with Gasteiger partial charge >= 0.3 is 17.6 Å². The van der Waals surface area contributed by atoms with Crippen molar-refractivity contribution in [1.82, 2.24) is 0 Å². The van der Waals surface area contributed by atoms with E-state index in [1.165, 1.54) is 18.2 Å². The molecule has 0 bridgehead atoms. The van der Waals surface area contributed by atoms with Crippen LogP contribution < -0.4 is 9.64 Å². The highest BCUT2D eigenvalue weighted by Gasteiger charge is 2.22. The van der Waals surface area contributed by atoms with E-state index in [9.17, 15) is 24.8 Å². The molecule has 0 aliphatic rings. The molecule has 0 spiro atoms. The fraction of sp³-hybridized carbons (Fsp3) is 0.333. The van der Waals surface area contributed by atoms with Crippen molar-refractivity contribution in [3.05, 3.63) is 54.6 Å².